The molecule has 7 heteroatoms. The molecule has 1 aliphatic heterocycles. The van der Waals surface area contributed by atoms with Crippen LogP contribution >= 0.6 is 12.2 Å². The van der Waals surface area contributed by atoms with E-state index in [0.29, 0.717) is 4.77 Å². The van der Waals surface area contributed by atoms with Crippen LogP contribution in [0.1, 0.15) is 30.3 Å². The van der Waals surface area contributed by atoms with Gasteiger partial charge in [0.1, 0.15) is 11.9 Å². The third-order valence-corrected chi connectivity index (χ3v) is 3.60. The molecule has 2 heterocycles. The zero-order valence-electron chi connectivity index (χ0n) is 11.7. The minimum absolute atomic E-state index is 0.0361. The van der Waals surface area contributed by atoms with Crippen molar-refractivity contribution < 1.29 is 9.47 Å². The summed E-state index contributed by atoms with van der Waals surface area (Å²) in [6, 6.07) is 7.63. The maximum Gasteiger partial charge on any atom is 0.216 e. The molecule has 1 unspecified atom stereocenters. The van der Waals surface area contributed by atoms with Gasteiger partial charge in [0.15, 0.2) is 5.82 Å². The lowest BCUT2D eigenvalue weighted by Gasteiger charge is -2.07. The van der Waals surface area contributed by atoms with Crippen LogP contribution in [0.15, 0.2) is 29.4 Å². The predicted molar refractivity (Wildman–Crippen MR) is 81.3 cm³/mol. The average molecular weight is 304 g/mol. The number of hydrogen-bond acceptors (Lipinski definition) is 5. The molecule has 1 aromatic carbocycles. The van der Waals surface area contributed by atoms with E-state index in [0.717, 1.165) is 36.6 Å². The van der Waals surface area contributed by atoms with Gasteiger partial charge in [-0.15, -0.1) is 0 Å². The lowest BCUT2D eigenvalue weighted by molar-refractivity contribution is 0.102. The Kier molecular flexibility index (Phi) is 4.12. The highest BCUT2D eigenvalue weighted by Gasteiger charge is 2.23. The van der Waals surface area contributed by atoms with E-state index in [1.165, 1.54) is 0 Å². The zero-order valence-corrected chi connectivity index (χ0v) is 12.5. The van der Waals surface area contributed by atoms with E-state index in [4.69, 9.17) is 21.7 Å². The minimum Gasteiger partial charge on any atom is -0.497 e. The number of nitrogens with zero attached hydrogens (tertiary/aromatic N) is 3. The summed E-state index contributed by atoms with van der Waals surface area (Å²) in [5.41, 5.74) is 0.956. The summed E-state index contributed by atoms with van der Waals surface area (Å²) in [6.07, 6.45) is 3.68. The fourth-order valence-electron chi connectivity index (χ4n) is 2.22. The summed E-state index contributed by atoms with van der Waals surface area (Å²) in [5, 5.41) is 11.4. The number of hydrogen-bond donors (Lipinski definition) is 1. The molecular formula is C14H16N4O2S. The van der Waals surface area contributed by atoms with Gasteiger partial charge in [0.25, 0.3) is 0 Å². The number of ether oxygens (including phenoxy) is 2. The van der Waals surface area contributed by atoms with Gasteiger partial charge in [-0.2, -0.15) is 14.9 Å². The van der Waals surface area contributed by atoms with Crippen molar-refractivity contribution in [1.29, 1.82) is 0 Å². The standard InChI is InChI=1S/C14H16N4O2S/c1-19-11-6-4-10(5-7-11)9-15-18-13(16-17-14(18)21)12-3-2-8-20-12/h4-7,9,12H,2-3,8H2,1H3,(H,17,21)/b15-9-. The normalized spacial score (nSPS) is 18.4. The fraction of sp³-hybridized carbons (Fsp3) is 0.357. The number of rotatable bonds is 4. The SMILES string of the molecule is COc1ccc(/C=N\n2c(C3CCCO3)n[nH]c2=S)cc1. The van der Waals surface area contributed by atoms with Gasteiger partial charge >= 0.3 is 0 Å². The molecule has 0 aliphatic carbocycles. The third-order valence-electron chi connectivity index (χ3n) is 3.33. The Morgan fingerprint density at radius 2 is 2.29 bits per heavy atom. The molecule has 21 heavy (non-hydrogen) atoms. The van der Waals surface area contributed by atoms with Crippen LogP contribution in [0, 0.1) is 4.77 Å². The van der Waals surface area contributed by atoms with E-state index in [1.807, 2.05) is 24.3 Å². The van der Waals surface area contributed by atoms with Crippen LogP contribution in [-0.2, 0) is 4.74 Å². The number of aromatic nitrogens is 3. The summed E-state index contributed by atoms with van der Waals surface area (Å²) in [4.78, 5) is 0. The van der Waals surface area contributed by atoms with E-state index in [-0.39, 0.29) is 6.10 Å². The van der Waals surface area contributed by atoms with Gasteiger partial charge < -0.3 is 9.47 Å². The number of benzene rings is 1. The van der Waals surface area contributed by atoms with Gasteiger partial charge in [0.05, 0.1) is 13.3 Å². The Labute approximate surface area is 127 Å². The van der Waals surface area contributed by atoms with Crippen LogP contribution in [0.2, 0.25) is 0 Å². The second-order valence-corrected chi connectivity index (χ2v) is 5.10. The molecule has 1 aliphatic rings. The van der Waals surface area contributed by atoms with Crippen molar-refractivity contribution in [3.8, 4) is 5.75 Å². The number of H-pyrrole nitrogens is 1. The largest absolute Gasteiger partial charge is 0.497 e. The Hall–Kier alpha value is -1.99. The van der Waals surface area contributed by atoms with Crippen molar-refractivity contribution >= 4 is 18.4 Å². The minimum atomic E-state index is -0.0361. The van der Waals surface area contributed by atoms with Crippen molar-refractivity contribution in [1.82, 2.24) is 14.9 Å². The first-order valence-electron chi connectivity index (χ1n) is 6.75. The smallest absolute Gasteiger partial charge is 0.216 e. The molecule has 0 amide bonds. The number of aromatic amines is 1. The van der Waals surface area contributed by atoms with E-state index < -0.39 is 0 Å². The topological polar surface area (TPSA) is 64.4 Å². The summed E-state index contributed by atoms with van der Waals surface area (Å²) in [6.45, 7) is 0.756. The summed E-state index contributed by atoms with van der Waals surface area (Å²) < 4.78 is 12.8. The van der Waals surface area contributed by atoms with Crippen molar-refractivity contribution in [2.75, 3.05) is 13.7 Å². The molecule has 1 atom stereocenters. The molecule has 1 fully saturated rings. The second-order valence-electron chi connectivity index (χ2n) is 4.72. The Morgan fingerprint density at radius 3 is 2.95 bits per heavy atom. The molecule has 110 valence electrons. The molecule has 2 aromatic rings. The summed E-state index contributed by atoms with van der Waals surface area (Å²) in [7, 11) is 1.64. The maximum absolute atomic E-state index is 5.64. The highest BCUT2D eigenvalue weighted by molar-refractivity contribution is 7.71. The first-order chi connectivity index (χ1) is 10.3. The third kappa shape index (κ3) is 3.03. The van der Waals surface area contributed by atoms with Crippen LogP contribution in [-0.4, -0.2) is 34.8 Å². The molecule has 0 bridgehead atoms. The second kappa shape index (κ2) is 6.19. The fourth-order valence-corrected chi connectivity index (χ4v) is 2.41. The Bertz CT molecular complexity index is 684. The quantitative estimate of drug-likeness (QED) is 0.697. The van der Waals surface area contributed by atoms with Crippen LogP contribution < -0.4 is 4.74 Å². The average Bonchev–Trinajstić information content (AvgIpc) is 3.15. The van der Waals surface area contributed by atoms with Gasteiger partial charge in [0.2, 0.25) is 4.77 Å². The van der Waals surface area contributed by atoms with Crippen molar-refractivity contribution in [3.05, 3.63) is 40.4 Å². The predicted octanol–water partition coefficient (Wildman–Crippen LogP) is 2.68. The van der Waals surface area contributed by atoms with E-state index in [2.05, 4.69) is 15.3 Å². The highest BCUT2D eigenvalue weighted by atomic mass is 32.1. The van der Waals surface area contributed by atoms with Crippen LogP contribution in [0.5, 0.6) is 5.75 Å². The Balaban J connectivity index is 1.84. The van der Waals surface area contributed by atoms with Crippen molar-refractivity contribution in [2.45, 2.75) is 18.9 Å². The molecular weight excluding hydrogens is 288 g/mol. The Morgan fingerprint density at radius 1 is 1.48 bits per heavy atom. The maximum atomic E-state index is 5.64. The number of methoxy groups -OCH3 is 1. The van der Waals surface area contributed by atoms with Gasteiger partial charge in [-0.25, -0.2) is 0 Å². The van der Waals surface area contributed by atoms with Gasteiger partial charge in [0, 0.05) is 6.61 Å². The molecule has 0 radical (unpaired) electrons. The lowest BCUT2D eigenvalue weighted by Crippen LogP contribution is -2.05. The molecule has 1 N–H and O–H groups in total. The monoisotopic (exact) mass is 304 g/mol. The van der Waals surface area contributed by atoms with E-state index in [9.17, 15) is 0 Å². The first kappa shape index (κ1) is 14.0. The van der Waals surface area contributed by atoms with Crippen LogP contribution in [0.25, 0.3) is 0 Å². The molecule has 0 spiro atoms. The summed E-state index contributed by atoms with van der Waals surface area (Å²) >= 11 is 5.22. The molecule has 0 saturated carbocycles. The van der Waals surface area contributed by atoms with E-state index >= 15 is 0 Å². The van der Waals surface area contributed by atoms with Crippen LogP contribution in [0.3, 0.4) is 0 Å². The molecule has 1 saturated heterocycles. The molecule has 1 aromatic heterocycles. The zero-order chi connectivity index (χ0) is 14.7. The highest BCUT2D eigenvalue weighted by Crippen LogP contribution is 2.26. The first-order valence-corrected chi connectivity index (χ1v) is 7.16. The van der Waals surface area contributed by atoms with Gasteiger partial charge in [-0.1, -0.05) is 0 Å². The van der Waals surface area contributed by atoms with Crippen molar-refractivity contribution in [2.24, 2.45) is 5.10 Å². The molecule has 3 rings (SSSR count). The number of nitrogens with one attached hydrogen (secondary N) is 1. The van der Waals surface area contributed by atoms with Crippen molar-refractivity contribution in [3.63, 3.8) is 0 Å². The van der Waals surface area contributed by atoms with E-state index in [1.54, 1.807) is 18.0 Å². The molecule has 6 nitrogen and oxygen atoms in total. The van der Waals surface area contributed by atoms with Gasteiger partial charge in [-0.05, 0) is 54.9 Å². The van der Waals surface area contributed by atoms with Gasteiger partial charge in [-0.3, -0.25) is 5.10 Å². The van der Waals surface area contributed by atoms with Crippen LogP contribution in [0.4, 0.5) is 0 Å². The lowest BCUT2D eigenvalue weighted by atomic mass is 10.2. The summed E-state index contributed by atoms with van der Waals surface area (Å²) in [5.74, 6) is 1.54.